The molecule has 0 aliphatic carbocycles. The molecule has 0 aromatic heterocycles. The SMILES string of the molecule is O=C(c1ccc(Cl)cc1)C1CCN(C(=O)c2cccc(O)c2I)CC1. The van der Waals surface area contributed by atoms with E-state index in [1.165, 1.54) is 0 Å². The summed E-state index contributed by atoms with van der Waals surface area (Å²) in [6, 6.07) is 11.9. The third kappa shape index (κ3) is 3.98. The molecule has 0 bridgehead atoms. The smallest absolute Gasteiger partial charge is 0.255 e. The second-order valence-corrected chi connectivity index (χ2v) is 7.59. The highest BCUT2D eigenvalue weighted by molar-refractivity contribution is 14.1. The summed E-state index contributed by atoms with van der Waals surface area (Å²) in [7, 11) is 0. The third-order valence-corrected chi connectivity index (χ3v) is 5.88. The van der Waals surface area contributed by atoms with E-state index in [0.29, 0.717) is 45.7 Å². The minimum atomic E-state index is -0.0994. The Morgan fingerprint density at radius 3 is 2.36 bits per heavy atom. The van der Waals surface area contributed by atoms with E-state index < -0.39 is 0 Å². The second-order valence-electron chi connectivity index (χ2n) is 6.08. The van der Waals surface area contributed by atoms with Gasteiger partial charge in [-0.25, -0.2) is 0 Å². The van der Waals surface area contributed by atoms with Crippen molar-refractivity contribution in [3.63, 3.8) is 0 Å². The van der Waals surface area contributed by atoms with Gasteiger partial charge >= 0.3 is 0 Å². The van der Waals surface area contributed by atoms with Crippen LogP contribution in [-0.2, 0) is 0 Å². The van der Waals surface area contributed by atoms with Crippen molar-refractivity contribution >= 4 is 45.9 Å². The van der Waals surface area contributed by atoms with E-state index >= 15 is 0 Å². The van der Waals surface area contributed by atoms with Gasteiger partial charge in [-0.05, 0) is 71.8 Å². The van der Waals surface area contributed by atoms with Crippen molar-refractivity contribution in [1.82, 2.24) is 4.90 Å². The number of phenols is 1. The van der Waals surface area contributed by atoms with E-state index in [4.69, 9.17) is 11.6 Å². The summed E-state index contributed by atoms with van der Waals surface area (Å²) in [6.45, 7) is 1.07. The summed E-state index contributed by atoms with van der Waals surface area (Å²) in [5.74, 6) is 0.0427. The highest BCUT2D eigenvalue weighted by Gasteiger charge is 2.29. The number of hydrogen-bond acceptors (Lipinski definition) is 3. The molecule has 1 fully saturated rings. The number of benzene rings is 2. The fraction of sp³-hybridized carbons (Fsp3) is 0.263. The number of piperidine rings is 1. The van der Waals surface area contributed by atoms with Crippen LogP contribution in [0.5, 0.6) is 5.75 Å². The first-order valence-electron chi connectivity index (χ1n) is 8.04. The Hall–Kier alpha value is -1.60. The fourth-order valence-electron chi connectivity index (χ4n) is 3.05. The maximum Gasteiger partial charge on any atom is 0.255 e. The molecule has 1 aliphatic rings. The summed E-state index contributed by atoms with van der Waals surface area (Å²) in [4.78, 5) is 27.0. The molecule has 25 heavy (non-hydrogen) atoms. The molecule has 2 aromatic rings. The van der Waals surface area contributed by atoms with Crippen LogP contribution in [0.25, 0.3) is 0 Å². The van der Waals surface area contributed by atoms with Crippen LogP contribution in [0.3, 0.4) is 0 Å². The van der Waals surface area contributed by atoms with Gasteiger partial charge in [-0.2, -0.15) is 0 Å². The number of halogens is 2. The third-order valence-electron chi connectivity index (χ3n) is 4.49. The molecule has 0 radical (unpaired) electrons. The van der Waals surface area contributed by atoms with Crippen molar-refractivity contribution in [3.05, 3.63) is 62.2 Å². The molecule has 1 saturated heterocycles. The molecule has 130 valence electrons. The topological polar surface area (TPSA) is 57.6 Å². The van der Waals surface area contributed by atoms with E-state index in [1.54, 1.807) is 47.4 Å². The number of aromatic hydroxyl groups is 1. The van der Waals surface area contributed by atoms with Crippen molar-refractivity contribution in [2.75, 3.05) is 13.1 Å². The fourth-order valence-corrected chi connectivity index (χ4v) is 3.77. The number of likely N-dealkylation sites (tertiary alicyclic amines) is 1. The molecule has 0 atom stereocenters. The van der Waals surface area contributed by atoms with Gasteiger partial charge in [0.2, 0.25) is 0 Å². The van der Waals surface area contributed by atoms with Crippen molar-refractivity contribution in [1.29, 1.82) is 0 Å². The lowest BCUT2D eigenvalue weighted by Gasteiger charge is -2.31. The molecule has 0 spiro atoms. The molecule has 0 unspecified atom stereocenters. The van der Waals surface area contributed by atoms with Crippen LogP contribution in [0.2, 0.25) is 5.02 Å². The van der Waals surface area contributed by atoms with Gasteiger partial charge in [0.1, 0.15) is 5.75 Å². The first-order valence-corrected chi connectivity index (χ1v) is 9.49. The Bertz CT molecular complexity index is 799. The number of hydrogen-bond donors (Lipinski definition) is 1. The minimum Gasteiger partial charge on any atom is -0.507 e. The highest BCUT2D eigenvalue weighted by atomic mass is 127. The first-order chi connectivity index (χ1) is 12.0. The summed E-state index contributed by atoms with van der Waals surface area (Å²) in [5.41, 5.74) is 1.17. The predicted octanol–water partition coefficient (Wildman–Crippen LogP) is 4.39. The summed E-state index contributed by atoms with van der Waals surface area (Å²) in [5, 5.41) is 10.4. The Morgan fingerprint density at radius 1 is 1.08 bits per heavy atom. The lowest BCUT2D eigenvalue weighted by atomic mass is 9.88. The monoisotopic (exact) mass is 469 g/mol. The van der Waals surface area contributed by atoms with Crippen LogP contribution in [0.15, 0.2) is 42.5 Å². The molecule has 6 heteroatoms. The van der Waals surface area contributed by atoms with Crippen LogP contribution < -0.4 is 0 Å². The van der Waals surface area contributed by atoms with Gasteiger partial charge < -0.3 is 10.0 Å². The Kier molecular flexibility index (Phi) is 5.64. The molecular formula is C19H17ClINO3. The van der Waals surface area contributed by atoms with Crippen LogP contribution in [0.4, 0.5) is 0 Å². The number of carbonyl (C=O) groups excluding carboxylic acids is 2. The predicted molar refractivity (Wildman–Crippen MR) is 105 cm³/mol. The minimum absolute atomic E-state index is 0.0755. The van der Waals surface area contributed by atoms with Crippen LogP contribution in [0.1, 0.15) is 33.6 Å². The van der Waals surface area contributed by atoms with Gasteiger partial charge in [0.25, 0.3) is 5.91 Å². The largest absolute Gasteiger partial charge is 0.507 e. The zero-order valence-corrected chi connectivity index (χ0v) is 16.3. The normalized spacial score (nSPS) is 15.2. The van der Waals surface area contributed by atoms with E-state index in [0.717, 1.165) is 0 Å². The molecule has 1 aliphatic heterocycles. The van der Waals surface area contributed by atoms with Crippen molar-refractivity contribution in [3.8, 4) is 5.75 Å². The van der Waals surface area contributed by atoms with Gasteiger partial charge in [0.05, 0.1) is 9.13 Å². The molecule has 1 heterocycles. The molecule has 0 saturated carbocycles. The molecule has 1 amide bonds. The van der Waals surface area contributed by atoms with Crippen molar-refractivity contribution < 1.29 is 14.7 Å². The van der Waals surface area contributed by atoms with Crippen LogP contribution in [0, 0.1) is 9.49 Å². The first kappa shape index (κ1) is 18.2. The van der Waals surface area contributed by atoms with E-state index in [1.807, 2.05) is 22.6 Å². The van der Waals surface area contributed by atoms with Gasteiger partial charge in [-0.15, -0.1) is 0 Å². The molecule has 3 rings (SSSR count). The molecule has 1 N–H and O–H groups in total. The zero-order valence-electron chi connectivity index (χ0n) is 13.4. The summed E-state index contributed by atoms with van der Waals surface area (Å²) >= 11 is 7.84. The number of amides is 1. The molecule has 4 nitrogen and oxygen atoms in total. The van der Waals surface area contributed by atoms with Crippen molar-refractivity contribution in [2.24, 2.45) is 5.92 Å². The van der Waals surface area contributed by atoms with Gasteiger partial charge in [-0.1, -0.05) is 17.7 Å². The maximum absolute atomic E-state index is 12.7. The Balaban J connectivity index is 1.65. The van der Waals surface area contributed by atoms with E-state index in [2.05, 4.69) is 0 Å². The molecular weight excluding hydrogens is 453 g/mol. The summed E-state index contributed by atoms with van der Waals surface area (Å²) in [6.07, 6.45) is 1.28. The highest BCUT2D eigenvalue weighted by Crippen LogP contribution is 2.27. The quantitative estimate of drug-likeness (QED) is 0.536. The average Bonchev–Trinajstić information content (AvgIpc) is 2.64. The second kappa shape index (κ2) is 7.74. The lowest BCUT2D eigenvalue weighted by Crippen LogP contribution is -2.40. The zero-order chi connectivity index (χ0) is 18.0. The molecule has 2 aromatic carbocycles. The average molecular weight is 470 g/mol. The number of rotatable bonds is 3. The standard InChI is InChI=1S/C19H17ClINO3/c20-14-6-4-12(5-7-14)18(24)13-8-10-22(11-9-13)19(25)15-2-1-3-16(23)17(15)21/h1-7,13,23H,8-11H2. The number of Topliss-reactive ketones (excluding diaryl/α,β-unsaturated/α-hetero) is 1. The number of nitrogens with zero attached hydrogens (tertiary/aromatic N) is 1. The maximum atomic E-state index is 12.7. The van der Waals surface area contributed by atoms with E-state index in [9.17, 15) is 14.7 Å². The van der Waals surface area contributed by atoms with Crippen molar-refractivity contribution in [2.45, 2.75) is 12.8 Å². The summed E-state index contributed by atoms with van der Waals surface area (Å²) < 4.78 is 0.560. The Labute approximate surface area is 164 Å². The number of carbonyl (C=O) groups is 2. The van der Waals surface area contributed by atoms with Gasteiger partial charge in [0, 0.05) is 29.6 Å². The van der Waals surface area contributed by atoms with Gasteiger partial charge in [-0.3, -0.25) is 9.59 Å². The van der Waals surface area contributed by atoms with Crippen LogP contribution >= 0.6 is 34.2 Å². The van der Waals surface area contributed by atoms with Crippen LogP contribution in [-0.4, -0.2) is 34.8 Å². The Morgan fingerprint density at radius 2 is 1.72 bits per heavy atom. The van der Waals surface area contributed by atoms with Gasteiger partial charge in [0.15, 0.2) is 5.78 Å². The van der Waals surface area contributed by atoms with E-state index in [-0.39, 0.29) is 23.4 Å². The number of phenolic OH excluding ortho intramolecular Hbond substituents is 1. The lowest BCUT2D eigenvalue weighted by molar-refractivity contribution is 0.0649. The number of ketones is 1.